The zero-order chi connectivity index (χ0) is 41.1. The molecule has 0 bridgehead atoms. The van der Waals surface area contributed by atoms with E-state index < -0.39 is 36.1 Å². The SMILES string of the molecule is [B]n1nnc([C@H]2C(COC(C)=O)=CS[C@@H]3[C@H](NC(=O)Cc4cccs4)C(=O)N23)n1.[B]n1nnnc1[C@H]1C(COC(C)=O)=CS[C@@H]2[C@H](NC(=O)Cc3cccs3)C(=O)N12. The molecular weight excluding hydrogens is 830 g/mol. The molecule has 4 aromatic rings. The van der Waals surface area contributed by atoms with Gasteiger partial charge in [0.25, 0.3) is 16.0 Å². The van der Waals surface area contributed by atoms with Crippen molar-refractivity contribution in [3.05, 3.63) is 78.4 Å². The van der Waals surface area contributed by atoms with Gasteiger partial charge >= 0.3 is 11.9 Å². The molecule has 8 rings (SSSR count). The van der Waals surface area contributed by atoms with Crippen LogP contribution in [-0.2, 0) is 51.1 Å². The van der Waals surface area contributed by atoms with E-state index in [4.69, 9.17) is 25.4 Å². The standard InChI is InChI=1S/2C16H15BN6O4S2/c1-8(24)27-6-9-7-29-16-12(18-11(25)5-10-3-2-4-28-10)15(26)22(16)13(9)14-19-20-21-23(14)17;1-8(24)27-6-9-7-29-16-12(18-11(25)5-10-3-2-4-28-10)15(26)22(16)13(9)14-19-21-23(17)20-14/h2*2-4,7,12-13,16H,5-6H2,1H3,(H,18,25)/t2*12-,13-,16-/m11/s1. The first kappa shape index (κ1) is 40.9. The maximum Gasteiger partial charge on any atom is 0.302 e. The Balaban J connectivity index is 0.000000177. The van der Waals surface area contributed by atoms with Crippen LogP contribution in [0.5, 0.6) is 0 Å². The number of nitrogens with one attached hydrogen (secondary N) is 2. The van der Waals surface area contributed by atoms with Crippen LogP contribution >= 0.6 is 46.2 Å². The van der Waals surface area contributed by atoms with Crippen molar-refractivity contribution in [2.24, 2.45) is 0 Å². The Morgan fingerprint density at radius 2 is 1.28 bits per heavy atom. The summed E-state index contributed by atoms with van der Waals surface area (Å²) in [7, 11) is 11.3. The molecule has 58 heavy (non-hydrogen) atoms. The number of carbonyl (C=O) groups excluding carboxylic acids is 6. The zero-order valence-corrected chi connectivity index (χ0v) is 33.7. The van der Waals surface area contributed by atoms with Crippen molar-refractivity contribution in [1.29, 1.82) is 0 Å². The molecule has 0 aliphatic carbocycles. The van der Waals surface area contributed by atoms with E-state index >= 15 is 0 Å². The van der Waals surface area contributed by atoms with Gasteiger partial charge in [0.1, 0.15) is 48.1 Å². The fourth-order valence-electron chi connectivity index (χ4n) is 6.37. The first-order chi connectivity index (χ1) is 27.9. The predicted molar refractivity (Wildman–Crippen MR) is 209 cm³/mol. The summed E-state index contributed by atoms with van der Waals surface area (Å²) in [4.78, 5) is 77.8. The monoisotopic (exact) mass is 860 g/mol. The number of rotatable bonds is 12. The maximum atomic E-state index is 12.9. The average molecular weight is 861 g/mol. The predicted octanol–water partition coefficient (Wildman–Crippen LogP) is -0.406. The number of β-lactam (4-membered cyclic amide) rings is 2. The number of thiophene rings is 2. The first-order valence-electron chi connectivity index (χ1n) is 17.2. The molecule has 4 amide bonds. The van der Waals surface area contributed by atoms with Crippen LogP contribution in [0.15, 0.2) is 57.0 Å². The van der Waals surface area contributed by atoms with Crippen molar-refractivity contribution >= 4 is 97.7 Å². The molecule has 4 aliphatic heterocycles. The fraction of sp³-hybridized carbons (Fsp3) is 0.375. The first-order valence-corrected chi connectivity index (χ1v) is 20.9. The number of amides is 4. The second kappa shape index (κ2) is 17.7. The van der Waals surface area contributed by atoms with Gasteiger partial charge in [0, 0.05) is 34.7 Å². The largest absolute Gasteiger partial charge is 0.461 e. The highest BCUT2D eigenvalue weighted by molar-refractivity contribution is 8.03. The summed E-state index contributed by atoms with van der Waals surface area (Å²) in [5.41, 5.74) is 1.26. The van der Waals surface area contributed by atoms with Gasteiger partial charge in [0.15, 0.2) is 11.6 Å². The van der Waals surface area contributed by atoms with E-state index in [0.29, 0.717) is 11.1 Å². The third kappa shape index (κ3) is 8.73. The van der Waals surface area contributed by atoms with Gasteiger partial charge in [-0.15, -0.1) is 61.5 Å². The van der Waals surface area contributed by atoms with E-state index in [1.165, 1.54) is 60.0 Å². The van der Waals surface area contributed by atoms with E-state index in [9.17, 15) is 28.8 Å². The molecule has 4 radical (unpaired) electrons. The minimum absolute atomic E-state index is 0.0159. The highest BCUT2D eigenvalue weighted by Crippen LogP contribution is 2.47. The number of carbonyl (C=O) groups is 6. The van der Waals surface area contributed by atoms with Crippen LogP contribution in [0.1, 0.15) is 47.3 Å². The summed E-state index contributed by atoms with van der Waals surface area (Å²) in [6.45, 7) is 2.57. The lowest BCUT2D eigenvalue weighted by Gasteiger charge is -2.52. The Morgan fingerprint density at radius 3 is 1.71 bits per heavy atom. The van der Waals surface area contributed by atoms with Crippen LogP contribution in [0.3, 0.4) is 0 Å². The third-order valence-electron chi connectivity index (χ3n) is 8.93. The molecule has 26 heteroatoms. The van der Waals surface area contributed by atoms with E-state index in [0.717, 1.165) is 19.1 Å². The number of tetrazole rings is 2. The molecule has 0 aromatic carbocycles. The molecule has 4 aliphatic rings. The van der Waals surface area contributed by atoms with Gasteiger partial charge in [-0.05, 0) is 38.9 Å². The Kier molecular flexibility index (Phi) is 12.4. The summed E-state index contributed by atoms with van der Waals surface area (Å²) in [6.07, 6.45) is 0.440. The smallest absolute Gasteiger partial charge is 0.302 e. The summed E-state index contributed by atoms with van der Waals surface area (Å²) in [5, 5.41) is 34.9. The number of ether oxygens (including phenoxy) is 2. The topological polar surface area (TPSA) is 239 Å². The lowest BCUT2D eigenvalue weighted by Crippen LogP contribution is -2.71. The zero-order valence-electron chi connectivity index (χ0n) is 30.4. The van der Waals surface area contributed by atoms with Crippen LogP contribution < -0.4 is 10.6 Å². The molecule has 8 heterocycles. The van der Waals surface area contributed by atoms with Crippen molar-refractivity contribution in [2.45, 2.75) is 61.6 Å². The molecule has 6 atom stereocenters. The fourth-order valence-corrected chi connectivity index (χ4v) is 10.2. The van der Waals surface area contributed by atoms with Gasteiger partial charge in [-0.2, -0.15) is 0 Å². The van der Waals surface area contributed by atoms with Gasteiger partial charge in [0.05, 0.1) is 12.8 Å². The molecule has 296 valence electrons. The third-order valence-corrected chi connectivity index (χ3v) is 13.1. The van der Waals surface area contributed by atoms with Crippen LogP contribution in [0.4, 0.5) is 0 Å². The second-order valence-corrected chi connectivity index (χ2v) is 16.9. The number of hydrogen-bond acceptors (Lipinski definition) is 18. The van der Waals surface area contributed by atoms with Gasteiger partial charge < -0.3 is 29.9 Å². The van der Waals surface area contributed by atoms with Crippen LogP contribution in [0.2, 0.25) is 0 Å². The lowest BCUT2D eigenvalue weighted by molar-refractivity contribution is -0.152. The Morgan fingerprint density at radius 1 is 0.759 bits per heavy atom. The number of aromatic nitrogens is 8. The van der Waals surface area contributed by atoms with E-state index in [2.05, 4.69) is 41.6 Å². The van der Waals surface area contributed by atoms with Gasteiger partial charge in [0.2, 0.25) is 23.6 Å². The molecule has 0 saturated carbocycles. The number of esters is 2. The lowest BCUT2D eigenvalue weighted by atomic mass is 9.97. The minimum Gasteiger partial charge on any atom is -0.461 e. The van der Waals surface area contributed by atoms with Crippen molar-refractivity contribution in [2.75, 3.05) is 13.2 Å². The highest BCUT2D eigenvalue weighted by Gasteiger charge is 2.56. The molecule has 0 spiro atoms. The van der Waals surface area contributed by atoms with Gasteiger partial charge in [-0.25, -0.2) is 4.71 Å². The summed E-state index contributed by atoms with van der Waals surface area (Å²) < 4.78 is 12.0. The quantitative estimate of drug-likeness (QED) is 0.105. The number of thioether (sulfide) groups is 2. The molecule has 2 saturated heterocycles. The van der Waals surface area contributed by atoms with Crippen LogP contribution in [0, 0.1) is 0 Å². The maximum absolute atomic E-state index is 12.9. The average Bonchev–Trinajstić information content (AvgIpc) is 4.04. The Hall–Kier alpha value is -5.33. The van der Waals surface area contributed by atoms with E-state index in [-0.39, 0.29) is 72.1 Å². The number of nitrogens with zero attached hydrogens (tertiary/aromatic N) is 10. The summed E-state index contributed by atoms with van der Waals surface area (Å²) >= 11 is 5.70. The molecule has 20 nitrogen and oxygen atoms in total. The van der Waals surface area contributed by atoms with Crippen LogP contribution in [-0.4, -0.2) is 138 Å². The van der Waals surface area contributed by atoms with Crippen molar-refractivity contribution in [3.8, 4) is 0 Å². The Labute approximate surface area is 348 Å². The normalized spacial score (nSPS) is 23.1. The van der Waals surface area contributed by atoms with Crippen molar-refractivity contribution in [1.82, 2.24) is 60.7 Å². The number of hydrogen-bond donors (Lipinski definition) is 2. The minimum atomic E-state index is -0.682. The summed E-state index contributed by atoms with van der Waals surface area (Å²) in [6, 6.07) is 4.81. The second-order valence-electron chi connectivity index (χ2n) is 12.8. The van der Waals surface area contributed by atoms with Gasteiger partial charge in [-0.1, -0.05) is 22.6 Å². The van der Waals surface area contributed by atoms with Crippen molar-refractivity contribution < 1.29 is 38.2 Å². The molecular formula is C32H30B2N12O8S4. The molecule has 2 fully saturated rings. The van der Waals surface area contributed by atoms with Gasteiger partial charge in [-0.3, -0.25) is 33.4 Å². The van der Waals surface area contributed by atoms with E-state index in [1.807, 2.05) is 35.0 Å². The van der Waals surface area contributed by atoms with Crippen LogP contribution in [0.25, 0.3) is 0 Å². The van der Waals surface area contributed by atoms with E-state index in [1.54, 1.807) is 20.6 Å². The highest BCUT2D eigenvalue weighted by atomic mass is 32.2. The molecule has 4 aromatic heterocycles. The Bertz CT molecular complexity index is 2270. The molecule has 0 unspecified atom stereocenters. The van der Waals surface area contributed by atoms with Crippen molar-refractivity contribution in [3.63, 3.8) is 0 Å². The molecule has 2 N–H and O–H groups in total. The number of fused-ring (bicyclic) bond motifs is 2. The summed E-state index contributed by atoms with van der Waals surface area (Å²) in [5.74, 6) is -1.42.